The van der Waals surface area contributed by atoms with Crippen LogP contribution in [0.25, 0.3) is 11.1 Å². The van der Waals surface area contributed by atoms with Crippen LogP contribution in [-0.4, -0.2) is 282 Å². The Labute approximate surface area is 829 Å². The van der Waals surface area contributed by atoms with E-state index in [4.69, 9.17) is 60.9 Å². The Bertz CT molecular complexity index is 5740. The van der Waals surface area contributed by atoms with Crippen LogP contribution in [0, 0.1) is 5.92 Å². The van der Waals surface area contributed by atoms with Gasteiger partial charge in [0.15, 0.2) is 23.0 Å². The number of aliphatic hydroxyl groups is 8. The standard InChI is InChI=1S/C99H122Cl2N13O27P/c1-50(2)18-9-7-6-8-10-19-74(120)105-83-87(124)85(122)72(48-115)138-98(83)140-90-70-42-55-43-71(90)136-66-29-24-54(40-62(66)100)84(121)82-97(133)109-80(92(128)103-30-17-31-111(4)5)60-44-56(117)45-68(137-99-89(126)88(125)86(123)73(49-116)139-99)75(60)59-39-52(22-27-64(59)118)78(94(130)110-82)106-95(131)79(55)107-96(132)81-61-46-58(47-69(76(61)101)141-142(112-32-11-12-33-112,113-34-13-14-35-113)114-36-15-16-37-114)135-67-41-53(23-28-65(67)119)77(102-3)93(129)104-63(91(127)108-81)38-51-20-25-57(134-70)26-21-51/h20-29,39-47,50,63,72-73,77-89,98-99,102,115-116,121-126H,6-19,30-38,48-49H2,1-5H3,(H10-,103,104,105,106,107,108,109,110,117,118,119,120,127,128,129,130,131,132,133)/p+1/t63-,72-,73-,77+,78-,79-,80+,81+,82+,83-,84-,85-,86-,87-,88+,89+,98+,99+/m1/s1. The molecule has 0 saturated carbocycles. The Balaban J connectivity index is 0.931. The lowest BCUT2D eigenvalue weighted by molar-refractivity contribution is -0.277. The second-order valence-electron chi connectivity index (χ2n) is 37.9. The fraction of sp³-hybridized carbons (Fsp3) is 0.495. The Kier molecular flexibility index (Phi) is 33.2. The number of hydrogen-bond acceptors (Lipinski definition) is 32. The number of nitrogens with one attached hydrogen (secondary N) is 9. The summed E-state index contributed by atoms with van der Waals surface area (Å²) in [5.74, 6) is -13.3. The number of unbranched alkanes of at least 4 members (excludes halogenated alkanes) is 4. The first kappa shape index (κ1) is 104. The van der Waals surface area contributed by atoms with Crippen LogP contribution in [0.3, 0.4) is 0 Å². The van der Waals surface area contributed by atoms with Crippen molar-refractivity contribution in [2.24, 2.45) is 5.92 Å². The third kappa shape index (κ3) is 22.7. The van der Waals surface area contributed by atoms with Crippen LogP contribution in [0.5, 0.6) is 69.0 Å². The molecule has 5 saturated heterocycles. The van der Waals surface area contributed by atoms with Gasteiger partial charge in [-0.05, 0) is 191 Å². The monoisotopic (exact) mass is 2030 g/mol. The van der Waals surface area contributed by atoms with E-state index in [9.17, 15) is 61.0 Å². The third-order valence-electron chi connectivity index (χ3n) is 27.1. The molecule has 0 aliphatic carbocycles. The summed E-state index contributed by atoms with van der Waals surface area (Å²) in [5.41, 5.74) is -2.02. The van der Waals surface area contributed by atoms with Crippen molar-refractivity contribution in [1.82, 2.24) is 66.8 Å². The normalized spacial score (nSPS) is 26.7. The fourth-order valence-electron chi connectivity index (χ4n) is 19.5. The summed E-state index contributed by atoms with van der Waals surface area (Å²) in [6.45, 7) is 6.48. The van der Waals surface area contributed by atoms with Gasteiger partial charge in [0.2, 0.25) is 71.3 Å². The van der Waals surface area contributed by atoms with Gasteiger partial charge in [-0.3, -0.25) is 42.9 Å². The largest absolute Gasteiger partial charge is 0.508 e. The predicted molar refractivity (Wildman–Crippen MR) is 515 cm³/mol. The van der Waals surface area contributed by atoms with Gasteiger partial charge in [0.1, 0.15) is 132 Å². The zero-order chi connectivity index (χ0) is 101. The second-order valence-corrected chi connectivity index (χ2v) is 41.6. The zero-order valence-corrected chi connectivity index (χ0v) is 81.5. The highest BCUT2D eigenvalue weighted by Crippen LogP contribution is 2.71. The highest BCUT2D eigenvalue weighted by Gasteiger charge is 2.63. The molecule has 142 heavy (non-hydrogen) atoms. The van der Waals surface area contributed by atoms with E-state index in [1.807, 2.05) is 4.90 Å². The number of hydrogen-bond donors (Lipinski definition) is 20. The van der Waals surface area contributed by atoms with E-state index in [0.717, 1.165) is 107 Å². The number of ether oxygens (including phenoxy) is 7. The Morgan fingerprint density at radius 3 is 1.78 bits per heavy atom. The first-order valence-electron chi connectivity index (χ1n) is 48.2. The van der Waals surface area contributed by atoms with Gasteiger partial charge < -0.3 is 142 Å². The van der Waals surface area contributed by atoms with Crippen LogP contribution in [0.2, 0.25) is 10.0 Å². The molecular formula is C99H123Cl2N13O27P+. The summed E-state index contributed by atoms with van der Waals surface area (Å²) in [5, 5.41) is 153. The van der Waals surface area contributed by atoms with Crippen molar-refractivity contribution < 1.29 is 132 Å². The summed E-state index contributed by atoms with van der Waals surface area (Å²) in [4.78, 5) is 131. The van der Waals surface area contributed by atoms with Crippen molar-refractivity contribution >= 4 is 78.4 Å². The predicted octanol–water partition coefficient (Wildman–Crippen LogP) is 6.32. The molecule has 43 heteroatoms. The average Bonchev–Trinajstić information content (AvgIpc) is 1.50. The summed E-state index contributed by atoms with van der Waals surface area (Å²) in [6, 6.07) is 8.31. The van der Waals surface area contributed by atoms with Gasteiger partial charge in [0, 0.05) is 87.5 Å². The summed E-state index contributed by atoms with van der Waals surface area (Å²) in [7, 11) is 1.87. The van der Waals surface area contributed by atoms with E-state index in [0.29, 0.717) is 76.6 Å². The van der Waals surface area contributed by atoms with Crippen LogP contribution in [0.15, 0.2) is 115 Å². The lowest BCUT2D eigenvalue weighted by atomic mass is 9.89. The van der Waals surface area contributed by atoms with E-state index in [-0.39, 0.29) is 75.4 Å². The van der Waals surface area contributed by atoms with Gasteiger partial charge in [-0.15, -0.1) is 14.0 Å². The minimum Gasteiger partial charge on any atom is -0.508 e. The molecule has 17 bridgehead atoms. The van der Waals surface area contributed by atoms with E-state index in [1.54, 1.807) is 26.2 Å². The number of aromatic hydroxyl groups is 3. The molecule has 7 aromatic rings. The fourth-order valence-corrected chi connectivity index (χ4v) is 24.3. The average molecular weight is 2030 g/mol. The van der Waals surface area contributed by atoms with E-state index in [2.05, 4.69) is 75.7 Å². The number of halogens is 2. The van der Waals surface area contributed by atoms with Gasteiger partial charge >= 0.3 is 7.94 Å². The molecule has 11 aliphatic heterocycles. The molecule has 11 heterocycles. The number of nitrogens with zero attached hydrogens (tertiary/aromatic N) is 4. The summed E-state index contributed by atoms with van der Waals surface area (Å²) in [6.07, 6.45) is -9.96. The number of aliphatic hydroxyl groups excluding tert-OH is 8. The SMILES string of the molecule is CN[C@@H]1C(=O)N[C@@H]2Cc3ccc(cc3)Oc3cc4cc(c3O[C@@H]3O[C@H](CO)[C@@H](O)[C@H](O)[C@H]3NC(=O)CCCCCCCC(C)C)Oc3ccc(cc3Cl)[C@@H](O)[C@@H]3NC(=O)[C@H](NC(=O)[C@@H]4NC(=O)[C@@H](NC2=O)c2cc(cc(O[P+](N4CCCC4)(N4CCCC4)N4CCCC4)c2Cl)Oc2cc1ccc2O)c1ccc(O)c(c1)-c1c(O[C@H]2O[C@H](CO)[C@@H](O)[C@H](O)[C@@H]2O)cc(O)cc1[C@@H](C(=O)NCCCN(C)C)NC3=O. The Hall–Kier alpha value is -11.1. The zero-order valence-electron chi connectivity index (χ0n) is 79.1. The number of likely N-dealkylation sites (N-methyl/N-ethyl adjacent to an activating group) is 1. The minimum atomic E-state index is -3.20. The van der Waals surface area contributed by atoms with Crippen molar-refractivity contribution in [3.8, 4) is 80.1 Å². The molecule has 40 nitrogen and oxygen atoms in total. The van der Waals surface area contributed by atoms with Gasteiger partial charge in [0.25, 0.3) is 0 Å². The number of benzene rings is 7. The molecule has 11 aliphatic rings. The van der Waals surface area contributed by atoms with Crippen LogP contribution in [-0.2, 0) is 54.3 Å². The Morgan fingerprint density at radius 2 is 1.13 bits per heavy atom. The molecule has 764 valence electrons. The maximum atomic E-state index is 17.4. The smallest absolute Gasteiger partial charge is 0.417 e. The van der Waals surface area contributed by atoms with Crippen molar-refractivity contribution in [3.63, 3.8) is 0 Å². The number of phenolic OH excluding ortho intramolecular Hbond substituents is 3. The van der Waals surface area contributed by atoms with Crippen LogP contribution >= 0.6 is 31.1 Å². The molecule has 5 fully saturated rings. The van der Waals surface area contributed by atoms with Gasteiger partial charge in [-0.25, -0.2) is 0 Å². The van der Waals surface area contributed by atoms with Crippen molar-refractivity contribution in [2.45, 2.75) is 220 Å². The summed E-state index contributed by atoms with van der Waals surface area (Å²) < 4.78 is 61.1. The number of carbonyl (C=O) groups excluding carboxylic acids is 8. The van der Waals surface area contributed by atoms with E-state index >= 15 is 33.6 Å². The van der Waals surface area contributed by atoms with Gasteiger partial charge in [-0.2, -0.15) is 0 Å². The van der Waals surface area contributed by atoms with Crippen molar-refractivity contribution in [3.05, 3.63) is 164 Å². The first-order valence-corrected chi connectivity index (χ1v) is 50.5. The maximum Gasteiger partial charge on any atom is 0.417 e. The van der Waals surface area contributed by atoms with E-state index < -0.39 is 246 Å². The maximum absolute atomic E-state index is 17.4. The highest BCUT2D eigenvalue weighted by atomic mass is 35.5. The quantitative estimate of drug-likeness (QED) is 0.0208. The van der Waals surface area contributed by atoms with Crippen LogP contribution in [0.1, 0.15) is 179 Å². The molecule has 0 unspecified atom stereocenters. The Morgan fingerprint density at radius 1 is 0.535 bits per heavy atom. The molecule has 0 radical (unpaired) electrons. The second kappa shape index (κ2) is 45.5. The topological polar surface area (TPSA) is 554 Å². The minimum absolute atomic E-state index is 0.0595. The number of amides is 8. The lowest BCUT2D eigenvalue weighted by Crippen LogP contribution is -2.65. The molecule has 18 rings (SSSR count). The number of fused-ring (bicyclic) bond motifs is 14. The lowest BCUT2D eigenvalue weighted by Gasteiger charge is -2.42. The van der Waals surface area contributed by atoms with Crippen LogP contribution in [0.4, 0.5) is 0 Å². The highest BCUT2D eigenvalue weighted by molar-refractivity contribution is 7.64. The van der Waals surface area contributed by atoms with Gasteiger partial charge in [0.05, 0.1) is 23.3 Å². The van der Waals surface area contributed by atoms with Crippen molar-refractivity contribution in [2.75, 3.05) is 86.7 Å². The van der Waals surface area contributed by atoms with Crippen LogP contribution < -0.4 is 76.1 Å². The number of rotatable bonds is 26. The number of phenols is 3. The van der Waals surface area contributed by atoms with Gasteiger partial charge in [-0.1, -0.05) is 99.5 Å². The molecule has 20 N–H and O–H groups in total. The molecule has 0 spiro atoms. The molecule has 8 amide bonds. The first-order chi connectivity index (χ1) is 68.2. The van der Waals surface area contributed by atoms with E-state index in [1.165, 1.54) is 67.7 Å². The number of carbonyl (C=O) groups is 8. The molecule has 0 aromatic heterocycles. The summed E-state index contributed by atoms with van der Waals surface area (Å²) >= 11 is 15.5. The third-order valence-corrected chi connectivity index (χ3v) is 31.6. The molecule has 18 atom stereocenters. The molecule has 7 aromatic carbocycles. The molecular weight excluding hydrogens is 1910 g/mol. The van der Waals surface area contributed by atoms with Crippen molar-refractivity contribution in [1.29, 1.82) is 0 Å².